The van der Waals surface area contributed by atoms with E-state index in [1.54, 1.807) is 29.2 Å². The van der Waals surface area contributed by atoms with Crippen molar-refractivity contribution in [2.45, 2.75) is 0 Å². The second-order valence-corrected chi connectivity index (χ2v) is 8.03. The Labute approximate surface area is 177 Å². The van der Waals surface area contributed by atoms with Crippen LogP contribution < -0.4 is 4.90 Å². The number of non-ortho nitro benzene ring substituents is 1. The fraction of sp³-hybridized carbons (Fsp3) is 0.200. The van der Waals surface area contributed by atoms with E-state index in [0.717, 1.165) is 10.2 Å². The number of carbonyl (C=O) groups is 1. The van der Waals surface area contributed by atoms with E-state index in [4.69, 9.17) is 11.6 Å². The van der Waals surface area contributed by atoms with Crippen molar-refractivity contribution in [1.29, 1.82) is 0 Å². The number of fused-ring (bicyclic) bond motifs is 1. The predicted octanol–water partition coefficient (Wildman–Crippen LogP) is 4.47. The van der Waals surface area contributed by atoms with Gasteiger partial charge >= 0.3 is 0 Å². The molecule has 0 radical (unpaired) electrons. The lowest BCUT2D eigenvalue weighted by Gasteiger charge is -2.20. The second-order valence-electron chi connectivity index (χ2n) is 6.59. The van der Waals surface area contributed by atoms with Crippen LogP contribution in [0.15, 0.2) is 48.5 Å². The highest BCUT2D eigenvalue weighted by atomic mass is 35.5. The molecule has 1 aromatic heterocycles. The Morgan fingerprint density at radius 3 is 2.76 bits per heavy atom. The van der Waals surface area contributed by atoms with Gasteiger partial charge in [-0.15, -0.1) is 0 Å². The van der Waals surface area contributed by atoms with Crippen LogP contribution in [0.4, 0.5) is 10.8 Å². The van der Waals surface area contributed by atoms with E-state index in [9.17, 15) is 14.9 Å². The van der Waals surface area contributed by atoms with Gasteiger partial charge < -0.3 is 4.90 Å². The molecule has 0 fully saturated rings. The van der Waals surface area contributed by atoms with Crippen LogP contribution in [0.1, 0.15) is 5.56 Å². The van der Waals surface area contributed by atoms with Crippen LogP contribution in [0.5, 0.6) is 0 Å². The smallest absolute Gasteiger partial charge is 0.270 e. The topological polar surface area (TPSA) is 79.6 Å². The molecule has 3 rings (SSSR count). The van der Waals surface area contributed by atoms with Crippen molar-refractivity contribution in [3.8, 4) is 0 Å². The number of hydrogen-bond donors (Lipinski definition) is 0. The Morgan fingerprint density at radius 1 is 1.24 bits per heavy atom. The lowest BCUT2D eigenvalue weighted by atomic mass is 10.2. The molecule has 0 bridgehead atoms. The zero-order valence-corrected chi connectivity index (χ0v) is 17.5. The van der Waals surface area contributed by atoms with E-state index in [2.05, 4.69) is 4.98 Å². The van der Waals surface area contributed by atoms with Crippen molar-refractivity contribution in [1.82, 2.24) is 9.88 Å². The fourth-order valence-corrected chi connectivity index (χ4v) is 3.87. The molecule has 0 N–H and O–H groups in total. The molecule has 2 aromatic carbocycles. The number of likely N-dealkylation sites (N-methyl/N-ethyl adjacent to an activating group) is 1. The summed E-state index contributed by atoms with van der Waals surface area (Å²) in [5.41, 5.74) is 1.34. The Bertz CT molecular complexity index is 1080. The molecule has 0 spiro atoms. The fourth-order valence-electron chi connectivity index (χ4n) is 2.60. The molecule has 0 aliphatic heterocycles. The number of nitro benzene ring substituents is 1. The third kappa shape index (κ3) is 5.38. The van der Waals surface area contributed by atoms with E-state index in [1.165, 1.54) is 29.5 Å². The number of anilines is 1. The Morgan fingerprint density at radius 2 is 2.03 bits per heavy atom. The summed E-state index contributed by atoms with van der Waals surface area (Å²) in [4.78, 5) is 31.5. The first-order valence-electron chi connectivity index (χ1n) is 8.78. The molecule has 9 heteroatoms. The SMILES string of the molecule is CN(C)CCN(C(=O)/C=C/c1cccc([N+](=O)[O-])c1)c1nc2ccc(Cl)cc2s1. The number of nitro groups is 1. The van der Waals surface area contributed by atoms with Gasteiger partial charge in [0.15, 0.2) is 5.13 Å². The van der Waals surface area contributed by atoms with E-state index in [-0.39, 0.29) is 11.6 Å². The van der Waals surface area contributed by atoms with Crippen LogP contribution >= 0.6 is 22.9 Å². The molecule has 0 aliphatic carbocycles. The van der Waals surface area contributed by atoms with Gasteiger partial charge in [0.2, 0.25) is 0 Å². The molecular weight excluding hydrogens is 412 g/mol. The monoisotopic (exact) mass is 430 g/mol. The number of carbonyl (C=O) groups excluding carboxylic acids is 1. The molecule has 0 atom stereocenters. The first-order valence-corrected chi connectivity index (χ1v) is 9.98. The third-order valence-corrected chi connectivity index (χ3v) is 5.38. The van der Waals surface area contributed by atoms with Gasteiger partial charge in [-0.05, 0) is 43.9 Å². The number of benzene rings is 2. The van der Waals surface area contributed by atoms with Crippen LogP contribution in [-0.2, 0) is 4.79 Å². The second kappa shape index (κ2) is 9.13. The van der Waals surface area contributed by atoms with Crippen molar-refractivity contribution in [2.24, 2.45) is 0 Å². The molecule has 150 valence electrons. The van der Waals surface area contributed by atoms with E-state index >= 15 is 0 Å². The minimum Gasteiger partial charge on any atom is -0.308 e. The number of thiazole rings is 1. The van der Waals surface area contributed by atoms with E-state index < -0.39 is 4.92 Å². The maximum atomic E-state index is 12.9. The van der Waals surface area contributed by atoms with Gasteiger partial charge in [0.1, 0.15) is 0 Å². The van der Waals surface area contributed by atoms with Crippen LogP contribution in [0.25, 0.3) is 16.3 Å². The summed E-state index contributed by atoms with van der Waals surface area (Å²) >= 11 is 7.45. The van der Waals surface area contributed by atoms with E-state index in [1.807, 2.05) is 31.1 Å². The molecule has 3 aromatic rings. The summed E-state index contributed by atoms with van der Waals surface area (Å²) in [5, 5.41) is 12.1. The summed E-state index contributed by atoms with van der Waals surface area (Å²) in [7, 11) is 3.86. The first kappa shape index (κ1) is 20.9. The first-order chi connectivity index (χ1) is 13.8. The van der Waals surface area contributed by atoms with Gasteiger partial charge in [-0.25, -0.2) is 4.98 Å². The van der Waals surface area contributed by atoms with Crippen LogP contribution in [0.2, 0.25) is 5.02 Å². The number of hydrogen-bond acceptors (Lipinski definition) is 6. The zero-order chi connectivity index (χ0) is 21.0. The standard InChI is InChI=1S/C20H19ClN4O3S/c1-23(2)10-11-24(20-22-17-8-7-15(21)13-18(17)29-20)19(26)9-6-14-4-3-5-16(12-14)25(27)28/h3-9,12-13H,10-11H2,1-2H3/b9-6+. The highest BCUT2D eigenvalue weighted by Gasteiger charge is 2.18. The molecule has 0 unspecified atom stereocenters. The summed E-state index contributed by atoms with van der Waals surface area (Å²) in [6.07, 6.45) is 2.98. The van der Waals surface area contributed by atoms with Gasteiger partial charge in [0, 0.05) is 36.3 Å². The number of nitrogens with zero attached hydrogens (tertiary/aromatic N) is 4. The van der Waals surface area contributed by atoms with Gasteiger partial charge in [-0.3, -0.25) is 19.8 Å². The Balaban J connectivity index is 1.87. The predicted molar refractivity (Wildman–Crippen MR) is 118 cm³/mol. The molecule has 0 aliphatic rings. The molecule has 1 amide bonds. The highest BCUT2D eigenvalue weighted by Crippen LogP contribution is 2.31. The van der Waals surface area contributed by atoms with Gasteiger partial charge in [-0.2, -0.15) is 0 Å². The maximum Gasteiger partial charge on any atom is 0.270 e. The van der Waals surface area contributed by atoms with Crippen molar-refractivity contribution >= 4 is 56.0 Å². The van der Waals surface area contributed by atoms with Crippen LogP contribution in [-0.4, -0.2) is 47.9 Å². The van der Waals surface area contributed by atoms with Gasteiger partial charge in [0.25, 0.3) is 11.6 Å². The Hall–Kier alpha value is -2.81. The average Bonchev–Trinajstić information content (AvgIpc) is 3.09. The normalized spacial score (nSPS) is 11.4. The van der Waals surface area contributed by atoms with E-state index in [0.29, 0.717) is 28.8 Å². The average molecular weight is 431 g/mol. The van der Waals surface area contributed by atoms with Gasteiger partial charge in [-0.1, -0.05) is 35.1 Å². The molecule has 0 saturated heterocycles. The lowest BCUT2D eigenvalue weighted by molar-refractivity contribution is -0.384. The molecular formula is C20H19ClN4O3S. The molecule has 1 heterocycles. The summed E-state index contributed by atoms with van der Waals surface area (Å²) in [6.45, 7) is 1.12. The van der Waals surface area contributed by atoms with Crippen molar-refractivity contribution in [3.63, 3.8) is 0 Å². The largest absolute Gasteiger partial charge is 0.308 e. The quantitative estimate of drug-likeness (QED) is 0.314. The number of rotatable bonds is 7. The molecule has 29 heavy (non-hydrogen) atoms. The zero-order valence-electron chi connectivity index (χ0n) is 15.9. The summed E-state index contributed by atoms with van der Waals surface area (Å²) in [5.74, 6) is -0.247. The van der Waals surface area contributed by atoms with Crippen molar-refractivity contribution in [2.75, 3.05) is 32.1 Å². The van der Waals surface area contributed by atoms with Crippen molar-refractivity contribution < 1.29 is 9.72 Å². The molecule has 7 nitrogen and oxygen atoms in total. The maximum absolute atomic E-state index is 12.9. The minimum atomic E-state index is -0.463. The summed E-state index contributed by atoms with van der Waals surface area (Å²) < 4.78 is 0.901. The Kier molecular flexibility index (Phi) is 6.58. The molecule has 0 saturated carbocycles. The number of halogens is 1. The minimum absolute atomic E-state index is 0.0212. The van der Waals surface area contributed by atoms with Crippen molar-refractivity contribution in [3.05, 3.63) is 69.2 Å². The van der Waals surface area contributed by atoms with Gasteiger partial charge in [0.05, 0.1) is 15.1 Å². The van der Waals surface area contributed by atoms with Crippen LogP contribution in [0, 0.1) is 10.1 Å². The number of amides is 1. The highest BCUT2D eigenvalue weighted by molar-refractivity contribution is 7.22. The third-order valence-electron chi connectivity index (χ3n) is 4.11. The summed E-state index contributed by atoms with van der Waals surface area (Å²) in [6, 6.07) is 11.5. The number of aromatic nitrogens is 1. The van der Waals surface area contributed by atoms with Crippen LogP contribution in [0.3, 0.4) is 0 Å². The lowest BCUT2D eigenvalue weighted by Crippen LogP contribution is -2.35.